The molecule has 0 saturated carbocycles. The number of H-pyrrole nitrogens is 2. The Morgan fingerprint density at radius 1 is 1.09 bits per heavy atom. The Morgan fingerprint density at radius 2 is 2.00 bits per heavy atom. The lowest BCUT2D eigenvalue weighted by Gasteiger charge is -2.13. The minimum Gasteiger partial charge on any atom is -0.374 e. The Kier molecular flexibility index (Phi) is 5.48. The number of rotatable bonds is 7. The van der Waals surface area contributed by atoms with Crippen LogP contribution in [0.4, 0.5) is 5.69 Å². The van der Waals surface area contributed by atoms with Crippen LogP contribution in [-0.4, -0.2) is 41.5 Å². The number of aliphatic hydroxyl groups excluding tert-OH is 1. The van der Waals surface area contributed by atoms with Crippen molar-refractivity contribution >= 4 is 39.1 Å². The molecule has 0 radical (unpaired) electrons. The fraction of sp³-hybridized carbons (Fsp3) is 0.154. The minimum atomic E-state index is -0.606. The summed E-state index contributed by atoms with van der Waals surface area (Å²) in [5, 5.41) is 25.8. The van der Waals surface area contributed by atoms with E-state index >= 15 is 0 Å². The molecule has 8 nitrogen and oxygen atoms in total. The van der Waals surface area contributed by atoms with Crippen LogP contribution >= 0.6 is 11.3 Å². The Bertz CT molecular complexity index is 1620. The SMILES string of the molecule is CCCC(O)Nc1cncc(-c2cnc3n[nH]c(-c4nc5c(-c6ccsc6)cccc5[nH]4)c3c2)c1. The number of nitrogens with zero attached hydrogens (tertiary/aromatic N) is 4. The molecular formula is C26H23N7OS. The Balaban J connectivity index is 1.40. The number of imidazole rings is 1. The highest BCUT2D eigenvalue weighted by atomic mass is 32.1. The van der Waals surface area contributed by atoms with Crippen molar-refractivity contribution in [2.24, 2.45) is 0 Å². The standard InChI is InChI=1S/C26H23N7OS/c1-2-4-22(34)29-18-9-16(11-27-13-18)17-10-20-24(32-33-25(20)28-12-17)26-30-21-6-3-5-19(23(21)31-26)15-7-8-35-14-15/h3,5-14,22,29,34H,2,4H2,1H3,(H,30,31)(H,28,32,33). The van der Waals surface area contributed by atoms with Crippen molar-refractivity contribution in [3.8, 4) is 33.8 Å². The predicted octanol–water partition coefficient (Wildman–Crippen LogP) is 5.82. The van der Waals surface area contributed by atoms with E-state index in [1.165, 1.54) is 0 Å². The van der Waals surface area contributed by atoms with Crippen LogP contribution in [0, 0.1) is 0 Å². The third-order valence-electron chi connectivity index (χ3n) is 5.96. The Labute approximate surface area is 205 Å². The number of hydrogen-bond acceptors (Lipinski definition) is 7. The molecule has 0 saturated heterocycles. The fourth-order valence-corrected chi connectivity index (χ4v) is 4.91. The number of para-hydroxylation sites is 1. The summed E-state index contributed by atoms with van der Waals surface area (Å²) in [5.74, 6) is 0.709. The zero-order valence-corrected chi connectivity index (χ0v) is 19.8. The lowest BCUT2D eigenvalue weighted by atomic mass is 10.1. The summed E-state index contributed by atoms with van der Waals surface area (Å²) in [5.41, 5.74) is 8.07. The molecule has 1 aromatic carbocycles. The van der Waals surface area contributed by atoms with Crippen molar-refractivity contribution in [1.29, 1.82) is 0 Å². The van der Waals surface area contributed by atoms with Crippen LogP contribution in [0.3, 0.4) is 0 Å². The van der Waals surface area contributed by atoms with Crippen LogP contribution in [0.5, 0.6) is 0 Å². The molecule has 1 unspecified atom stereocenters. The van der Waals surface area contributed by atoms with Crippen molar-refractivity contribution in [3.63, 3.8) is 0 Å². The van der Waals surface area contributed by atoms with Crippen LogP contribution in [-0.2, 0) is 0 Å². The normalized spacial score (nSPS) is 12.4. The van der Waals surface area contributed by atoms with Gasteiger partial charge in [0.1, 0.15) is 11.9 Å². The summed E-state index contributed by atoms with van der Waals surface area (Å²) in [4.78, 5) is 17.3. The minimum absolute atomic E-state index is 0.606. The Morgan fingerprint density at radius 3 is 2.86 bits per heavy atom. The van der Waals surface area contributed by atoms with Crippen molar-refractivity contribution in [1.82, 2.24) is 30.1 Å². The van der Waals surface area contributed by atoms with E-state index in [2.05, 4.69) is 53.4 Å². The number of aliphatic hydroxyl groups is 1. The molecule has 5 aromatic heterocycles. The molecule has 1 atom stereocenters. The fourth-order valence-electron chi connectivity index (χ4n) is 4.25. The maximum atomic E-state index is 10.1. The molecule has 0 aliphatic heterocycles. The average Bonchev–Trinajstić information content (AvgIpc) is 3.63. The van der Waals surface area contributed by atoms with Gasteiger partial charge in [-0.2, -0.15) is 16.4 Å². The van der Waals surface area contributed by atoms with Crippen molar-refractivity contribution in [2.75, 3.05) is 5.32 Å². The molecule has 0 amide bonds. The topological polar surface area (TPSA) is 115 Å². The van der Waals surface area contributed by atoms with Gasteiger partial charge in [-0.05, 0) is 47.0 Å². The number of hydrogen-bond donors (Lipinski definition) is 4. The molecule has 5 heterocycles. The number of thiophene rings is 1. The van der Waals surface area contributed by atoms with Gasteiger partial charge in [-0.25, -0.2) is 9.97 Å². The predicted molar refractivity (Wildman–Crippen MR) is 140 cm³/mol. The van der Waals surface area contributed by atoms with Gasteiger partial charge in [0.25, 0.3) is 0 Å². The van der Waals surface area contributed by atoms with E-state index in [9.17, 15) is 5.11 Å². The van der Waals surface area contributed by atoms with E-state index < -0.39 is 6.23 Å². The van der Waals surface area contributed by atoms with Crippen LogP contribution in [0.2, 0.25) is 0 Å². The van der Waals surface area contributed by atoms with E-state index in [1.807, 2.05) is 31.2 Å². The third kappa shape index (κ3) is 4.05. The van der Waals surface area contributed by atoms with Gasteiger partial charge >= 0.3 is 0 Å². The van der Waals surface area contributed by atoms with Gasteiger partial charge < -0.3 is 15.4 Å². The van der Waals surface area contributed by atoms with E-state index in [-0.39, 0.29) is 0 Å². The van der Waals surface area contributed by atoms with Gasteiger partial charge in [-0.3, -0.25) is 10.1 Å². The molecule has 0 spiro atoms. The van der Waals surface area contributed by atoms with E-state index in [0.29, 0.717) is 17.9 Å². The van der Waals surface area contributed by atoms with Crippen LogP contribution in [0.1, 0.15) is 19.8 Å². The second-order valence-electron chi connectivity index (χ2n) is 8.40. The lowest BCUT2D eigenvalue weighted by Crippen LogP contribution is -2.18. The number of benzene rings is 1. The van der Waals surface area contributed by atoms with Crippen molar-refractivity contribution in [3.05, 3.63) is 65.7 Å². The zero-order chi connectivity index (χ0) is 23.8. The van der Waals surface area contributed by atoms with Crippen LogP contribution in [0.15, 0.2) is 65.7 Å². The summed E-state index contributed by atoms with van der Waals surface area (Å²) in [7, 11) is 0. The summed E-state index contributed by atoms with van der Waals surface area (Å²) in [6.07, 6.45) is 6.23. The first-order valence-corrected chi connectivity index (χ1v) is 12.4. The number of pyridine rings is 2. The molecule has 0 aliphatic carbocycles. The smallest absolute Gasteiger partial charge is 0.181 e. The highest BCUT2D eigenvalue weighted by Gasteiger charge is 2.16. The quantitative estimate of drug-likeness (QED) is 0.214. The first-order valence-electron chi connectivity index (χ1n) is 11.5. The third-order valence-corrected chi connectivity index (χ3v) is 6.64. The molecule has 0 fully saturated rings. The summed E-state index contributed by atoms with van der Waals surface area (Å²) < 4.78 is 0. The zero-order valence-electron chi connectivity index (χ0n) is 19.0. The average molecular weight is 482 g/mol. The summed E-state index contributed by atoms with van der Waals surface area (Å²) >= 11 is 1.67. The van der Waals surface area contributed by atoms with Gasteiger partial charge in [0, 0.05) is 29.1 Å². The van der Waals surface area contributed by atoms with Gasteiger partial charge in [-0.15, -0.1) is 0 Å². The van der Waals surface area contributed by atoms with E-state index in [1.54, 1.807) is 29.9 Å². The second-order valence-corrected chi connectivity index (χ2v) is 9.18. The number of fused-ring (bicyclic) bond motifs is 2. The molecule has 9 heteroatoms. The first kappa shape index (κ1) is 21.5. The Hall–Kier alpha value is -4.08. The maximum absolute atomic E-state index is 10.1. The molecular weight excluding hydrogens is 458 g/mol. The van der Waals surface area contributed by atoms with Crippen molar-refractivity contribution < 1.29 is 5.11 Å². The number of aromatic nitrogens is 6. The van der Waals surface area contributed by atoms with Gasteiger partial charge in [0.15, 0.2) is 11.5 Å². The molecule has 0 bridgehead atoms. The monoisotopic (exact) mass is 481 g/mol. The van der Waals surface area contributed by atoms with Gasteiger partial charge in [-0.1, -0.05) is 25.5 Å². The number of nitrogens with one attached hydrogen (secondary N) is 3. The molecule has 6 aromatic rings. The summed E-state index contributed by atoms with van der Waals surface area (Å²) in [6.45, 7) is 2.04. The molecule has 4 N–H and O–H groups in total. The second kappa shape index (κ2) is 8.94. The van der Waals surface area contributed by atoms with Gasteiger partial charge in [0.2, 0.25) is 0 Å². The first-order chi connectivity index (χ1) is 17.2. The highest BCUT2D eigenvalue weighted by molar-refractivity contribution is 7.08. The molecule has 174 valence electrons. The maximum Gasteiger partial charge on any atom is 0.181 e. The molecule has 35 heavy (non-hydrogen) atoms. The molecule has 0 aliphatic rings. The number of anilines is 1. The summed E-state index contributed by atoms with van der Waals surface area (Å²) in [6, 6.07) is 12.3. The highest BCUT2D eigenvalue weighted by Crippen LogP contribution is 2.33. The van der Waals surface area contributed by atoms with E-state index in [0.717, 1.165) is 56.5 Å². The van der Waals surface area contributed by atoms with Crippen LogP contribution < -0.4 is 5.32 Å². The van der Waals surface area contributed by atoms with Crippen LogP contribution in [0.25, 0.3) is 55.8 Å². The largest absolute Gasteiger partial charge is 0.374 e. The molecule has 6 rings (SSSR count). The lowest BCUT2D eigenvalue weighted by molar-refractivity contribution is 0.192. The number of aromatic amines is 2. The van der Waals surface area contributed by atoms with Gasteiger partial charge in [0.05, 0.1) is 28.3 Å². The van der Waals surface area contributed by atoms with Crippen molar-refractivity contribution in [2.45, 2.75) is 26.0 Å². The van der Waals surface area contributed by atoms with E-state index in [4.69, 9.17) is 4.98 Å².